The van der Waals surface area contributed by atoms with Crippen LogP contribution in [0.4, 0.5) is 10.5 Å². The van der Waals surface area contributed by atoms with Gasteiger partial charge in [-0.15, -0.1) is 0 Å². The lowest BCUT2D eigenvalue weighted by molar-refractivity contribution is -0.162. The van der Waals surface area contributed by atoms with Crippen LogP contribution in [0.3, 0.4) is 0 Å². The number of esters is 1. The second kappa shape index (κ2) is 17.0. The van der Waals surface area contributed by atoms with Gasteiger partial charge in [0.15, 0.2) is 0 Å². The van der Waals surface area contributed by atoms with Crippen molar-refractivity contribution in [3.8, 4) is 0 Å². The number of nitrogens with one attached hydrogen (secondary N) is 1. The molecule has 300 valence electrons. The Morgan fingerprint density at radius 1 is 1.20 bits per heavy atom. The van der Waals surface area contributed by atoms with Gasteiger partial charge in [-0.25, -0.2) is 9.59 Å². The van der Waals surface area contributed by atoms with E-state index >= 15 is 0 Å². The van der Waals surface area contributed by atoms with Gasteiger partial charge in [-0.2, -0.15) is 11.8 Å². The monoisotopic (exact) mass is 789 g/mol. The number of likely N-dealkylation sites (N-methyl/N-ethyl adjacent to an activating group) is 1. The van der Waals surface area contributed by atoms with E-state index < -0.39 is 59.6 Å². The van der Waals surface area contributed by atoms with E-state index in [9.17, 15) is 24.3 Å². The predicted octanol–water partition coefficient (Wildman–Crippen LogP) is 7.14. The van der Waals surface area contributed by atoms with Crippen molar-refractivity contribution in [3.05, 3.63) is 52.1 Å². The summed E-state index contributed by atoms with van der Waals surface area (Å²) in [6.45, 7) is 19.4. The summed E-state index contributed by atoms with van der Waals surface area (Å²) in [6, 6.07) is 2.92. The van der Waals surface area contributed by atoms with E-state index in [2.05, 4.69) is 33.0 Å². The summed E-state index contributed by atoms with van der Waals surface area (Å²) in [5.41, 5.74) is 0.551. The van der Waals surface area contributed by atoms with Crippen molar-refractivity contribution in [2.24, 2.45) is 11.8 Å². The number of allylic oxidation sites excluding steroid dienone is 3. The van der Waals surface area contributed by atoms with E-state index in [0.717, 1.165) is 16.7 Å². The molecule has 2 saturated heterocycles. The highest BCUT2D eigenvalue weighted by Gasteiger charge is 2.64. The Morgan fingerprint density at radius 3 is 2.52 bits per heavy atom. The maximum Gasteiger partial charge on any atom is 0.409 e. The molecule has 2 N–H and O–H groups in total. The first kappa shape index (κ1) is 43.7. The van der Waals surface area contributed by atoms with Gasteiger partial charge in [-0.05, 0) is 63.0 Å². The molecule has 4 bridgehead atoms. The van der Waals surface area contributed by atoms with E-state index in [1.807, 2.05) is 58.1 Å². The number of epoxide rings is 1. The molecular formula is C41H60ClN3O8S. The fraction of sp³-hybridized carbons (Fsp3) is 0.659. The first-order valence-electron chi connectivity index (χ1n) is 18.9. The topological polar surface area (TPSA) is 138 Å². The number of rotatable bonds is 8. The predicted molar refractivity (Wildman–Crippen MR) is 214 cm³/mol. The number of carbonyl (C=O) groups is 4. The van der Waals surface area contributed by atoms with Crippen molar-refractivity contribution < 1.29 is 38.5 Å². The fourth-order valence-electron chi connectivity index (χ4n) is 7.44. The zero-order valence-corrected chi connectivity index (χ0v) is 35.5. The highest BCUT2D eigenvalue weighted by Crippen LogP contribution is 2.49. The van der Waals surface area contributed by atoms with Crippen LogP contribution in [0.1, 0.15) is 99.1 Å². The Hall–Kier alpha value is -3.06. The lowest BCUT2D eigenvalue weighted by Gasteiger charge is -2.41. The van der Waals surface area contributed by atoms with Gasteiger partial charge >= 0.3 is 12.1 Å². The Labute approximate surface area is 330 Å². The summed E-state index contributed by atoms with van der Waals surface area (Å²) in [6.07, 6.45) is 3.80. The SMILES string of the molecule is C/C1=C\C=C\C(C)C2(O)CC(OC(=O)N2)C(C)C2OC2(C)C(OC(=O)[C@H](C)N(C)C(=O)CCC(C)(C)SC(C)C)CC(=O)N(C)c2cc(cc(C)c2Cl)C1. The van der Waals surface area contributed by atoms with Crippen LogP contribution in [-0.2, 0) is 35.0 Å². The number of nitrogens with zero attached hydrogens (tertiary/aromatic N) is 2. The molecule has 11 nitrogen and oxygen atoms in total. The number of ether oxygens (including phenoxy) is 3. The number of hydrogen-bond acceptors (Lipinski definition) is 9. The normalized spacial score (nSPS) is 31.4. The van der Waals surface area contributed by atoms with Gasteiger partial charge in [-0.1, -0.05) is 83.0 Å². The highest BCUT2D eigenvalue weighted by atomic mass is 35.5. The van der Waals surface area contributed by atoms with Crippen LogP contribution in [-0.4, -0.2) is 93.7 Å². The minimum Gasteiger partial charge on any atom is -0.457 e. The van der Waals surface area contributed by atoms with Crippen molar-refractivity contribution in [1.82, 2.24) is 10.2 Å². The third kappa shape index (κ3) is 10.2. The first-order chi connectivity index (χ1) is 25.0. The number of aryl methyl sites for hydroxylation is 1. The molecular weight excluding hydrogens is 730 g/mol. The molecule has 8 atom stereocenters. The molecule has 13 heteroatoms. The number of aliphatic hydroxyl groups is 1. The molecule has 0 radical (unpaired) electrons. The van der Waals surface area contributed by atoms with E-state index in [4.69, 9.17) is 25.8 Å². The number of anilines is 1. The zero-order chi connectivity index (χ0) is 40.5. The molecule has 3 heterocycles. The van der Waals surface area contributed by atoms with Crippen LogP contribution in [0, 0.1) is 18.8 Å². The standard InChI is InChI=1S/C41H60ClN3O8S/c1-23(2)54-39(8,9)17-16-33(46)44(11)28(7)37(48)52-32-21-34(47)45(12)30-20-29(19-25(4)35(30)42)18-24(3)14-13-15-26(5)41(50)22-31(51-38(49)43-41)27(6)36-40(32,10)53-36/h13-15,19-20,23,26-28,31-32,36,50H,16-18,21-22H2,1-12H3,(H,43,49)/b15-13+,24-14+/t26?,27?,28-,31?,32?,36?,40?,41?/m0/s1. The molecule has 3 aliphatic rings. The smallest absolute Gasteiger partial charge is 0.409 e. The van der Waals surface area contributed by atoms with Crippen LogP contribution >= 0.6 is 23.4 Å². The summed E-state index contributed by atoms with van der Waals surface area (Å²) in [4.78, 5) is 57.0. The number of amides is 3. The Balaban J connectivity index is 1.67. The lowest BCUT2D eigenvalue weighted by Crippen LogP contribution is -2.60. The zero-order valence-electron chi connectivity index (χ0n) is 33.9. The van der Waals surface area contributed by atoms with Gasteiger partial charge in [0.25, 0.3) is 0 Å². The molecule has 3 aliphatic heterocycles. The molecule has 0 aromatic heterocycles. The number of alkyl carbamates (subject to hydrolysis) is 1. The maximum atomic E-state index is 14.2. The lowest BCUT2D eigenvalue weighted by atomic mass is 9.82. The number of fused-ring (bicyclic) bond motifs is 5. The summed E-state index contributed by atoms with van der Waals surface area (Å²) in [5, 5.41) is 15.1. The van der Waals surface area contributed by atoms with Crippen molar-refractivity contribution in [1.29, 1.82) is 0 Å². The van der Waals surface area contributed by atoms with Crippen LogP contribution in [0.15, 0.2) is 35.9 Å². The Morgan fingerprint density at radius 2 is 1.87 bits per heavy atom. The number of halogens is 1. The van der Waals surface area contributed by atoms with Crippen molar-refractivity contribution >= 4 is 52.9 Å². The average molecular weight is 790 g/mol. The second-order valence-corrected chi connectivity index (χ2v) is 19.2. The molecule has 1 aromatic carbocycles. The number of thioether (sulfide) groups is 1. The molecule has 7 unspecified atom stereocenters. The van der Waals surface area contributed by atoms with Crippen LogP contribution in [0.5, 0.6) is 0 Å². The third-order valence-corrected chi connectivity index (χ3v) is 13.0. The maximum absolute atomic E-state index is 14.2. The van der Waals surface area contributed by atoms with E-state index in [1.165, 1.54) is 9.80 Å². The molecule has 0 saturated carbocycles. The number of carbonyl (C=O) groups excluding carboxylic acids is 4. The first-order valence-corrected chi connectivity index (χ1v) is 20.2. The van der Waals surface area contributed by atoms with Gasteiger partial charge in [-0.3, -0.25) is 14.9 Å². The van der Waals surface area contributed by atoms with Gasteiger partial charge in [0.1, 0.15) is 29.6 Å². The van der Waals surface area contributed by atoms with Crippen LogP contribution in [0.2, 0.25) is 5.02 Å². The van der Waals surface area contributed by atoms with E-state index in [1.54, 1.807) is 39.7 Å². The summed E-state index contributed by atoms with van der Waals surface area (Å²) in [7, 11) is 3.22. The second-order valence-electron chi connectivity index (χ2n) is 16.6. The molecule has 2 fully saturated rings. The quantitative estimate of drug-likeness (QED) is 0.208. The molecule has 1 aromatic rings. The van der Waals surface area contributed by atoms with Crippen molar-refractivity contribution in [2.45, 2.75) is 147 Å². The molecule has 3 amide bonds. The van der Waals surface area contributed by atoms with E-state index in [0.29, 0.717) is 28.8 Å². The highest BCUT2D eigenvalue weighted by molar-refractivity contribution is 8.01. The summed E-state index contributed by atoms with van der Waals surface area (Å²) < 4.78 is 18.0. The number of hydrogen-bond donors (Lipinski definition) is 2. The summed E-state index contributed by atoms with van der Waals surface area (Å²) >= 11 is 8.60. The van der Waals surface area contributed by atoms with Crippen LogP contribution < -0.4 is 10.2 Å². The average Bonchev–Trinajstić information content (AvgIpc) is 3.77. The third-order valence-electron chi connectivity index (χ3n) is 11.2. The Kier molecular flexibility index (Phi) is 13.7. The summed E-state index contributed by atoms with van der Waals surface area (Å²) in [5.74, 6) is -2.15. The molecule has 0 aliphatic carbocycles. The minimum atomic E-state index is -1.59. The van der Waals surface area contributed by atoms with Gasteiger partial charge in [0.2, 0.25) is 11.8 Å². The Bertz CT molecular complexity index is 1660. The largest absolute Gasteiger partial charge is 0.457 e. The molecule has 54 heavy (non-hydrogen) atoms. The van der Waals surface area contributed by atoms with Gasteiger partial charge < -0.3 is 29.1 Å². The molecule has 0 spiro atoms. The minimum absolute atomic E-state index is 0.0796. The van der Waals surface area contributed by atoms with Crippen LogP contribution in [0.25, 0.3) is 0 Å². The van der Waals surface area contributed by atoms with Crippen molar-refractivity contribution in [3.63, 3.8) is 0 Å². The number of benzene rings is 1. The van der Waals surface area contributed by atoms with Gasteiger partial charge in [0, 0.05) is 43.5 Å². The van der Waals surface area contributed by atoms with E-state index in [-0.39, 0.29) is 35.8 Å². The van der Waals surface area contributed by atoms with Gasteiger partial charge in [0.05, 0.1) is 23.2 Å². The van der Waals surface area contributed by atoms with Crippen molar-refractivity contribution in [2.75, 3.05) is 19.0 Å². The fourth-order valence-corrected chi connectivity index (χ4v) is 9.17. The molecule has 4 rings (SSSR count).